The van der Waals surface area contributed by atoms with Crippen LogP contribution in [0.2, 0.25) is 0 Å². The first-order valence-corrected chi connectivity index (χ1v) is 12.3. The van der Waals surface area contributed by atoms with Crippen LogP contribution in [0.15, 0.2) is 67.8 Å². The maximum atomic E-state index is 9.76. The summed E-state index contributed by atoms with van der Waals surface area (Å²) in [6.45, 7) is 5.78. The van der Waals surface area contributed by atoms with Crippen LogP contribution in [0.25, 0.3) is 5.57 Å². The first kappa shape index (κ1) is 20.2. The molecule has 0 bridgehead atoms. The van der Waals surface area contributed by atoms with Gasteiger partial charge in [-0.2, -0.15) is 10.5 Å². The third-order valence-corrected chi connectivity index (χ3v) is 8.93. The van der Waals surface area contributed by atoms with Crippen molar-refractivity contribution in [2.75, 3.05) is 23.4 Å². The van der Waals surface area contributed by atoms with Crippen LogP contribution in [0.4, 0.5) is 11.4 Å². The molecule has 7 rings (SSSR count). The first-order chi connectivity index (χ1) is 17.1. The van der Waals surface area contributed by atoms with Crippen LogP contribution >= 0.6 is 0 Å². The van der Waals surface area contributed by atoms with Crippen LogP contribution in [0.1, 0.15) is 47.4 Å². The third kappa shape index (κ3) is 2.47. The fourth-order valence-corrected chi connectivity index (χ4v) is 7.37. The van der Waals surface area contributed by atoms with Crippen molar-refractivity contribution in [2.45, 2.75) is 37.5 Å². The molecule has 172 valence electrons. The normalized spacial score (nSPS) is 29.3. The van der Waals surface area contributed by atoms with E-state index >= 15 is 0 Å². The standard InChI is InChI=1S/C29H26N6/c1-19-22-15-20(17-30)3-6-25(22)34-13-11-32(2)27(34)8-5-24-23-16-21(18-31)4-7-26(23)35-14-12-33-10-9-29(19,24)28(33)35/h3-4,6-7,11-16,24,27-28H,1,5,8-10H2,2H3. The summed E-state index contributed by atoms with van der Waals surface area (Å²) in [5.41, 5.74) is 6.86. The highest BCUT2D eigenvalue weighted by molar-refractivity contribution is 5.84. The van der Waals surface area contributed by atoms with E-state index in [4.69, 9.17) is 6.58 Å². The Hall–Kier alpha value is -4.16. The van der Waals surface area contributed by atoms with E-state index in [-0.39, 0.29) is 23.7 Å². The minimum atomic E-state index is -0.227. The van der Waals surface area contributed by atoms with E-state index in [0.717, 1.165) is 42.6 Å². The van der Waals surface area contributed by atoms with Crippen LogP contribution in [0, 0.1) is 28.1 Å². The second kappa shape index (κ2) is 6.93. The Labute approximate surface area is 205 Å². The molecule has 2 aromatic rings. The van der Waals surface area contributed by atoms with Crippen molar-refractivity contribution in [2.24, 2.45) is 5.41 Å². The third-order valence-electron chi connectivity index (χ3n) is 8.93. The summed E-state index contributed by atoms with van der Waals surface area (Å²) >= 11 is 0. The summed E-state index contributed by atoms with van der Waals surface area (Å²) < 4.78 is 0. The van der Waals surface area contributed by atoms with Crippen molar-refractivity contribution in [3.8, 4) is 12.1 Å². The van der Waals surface area contributed by atoms with Gasteiger partial charge in [0.1, 0.15) is 12.3 Å². The number of rotatable bonds is 0. The molecule has 0 radical (unpaired) electrons. The molecular weight excluding hydrogens is 432 g/mol. The average molecular weight is 459 g/mol. The lowest BCUT2D eigenvalue weighted by Crippen LogP contribution is -2.52. The summed E-state index contributed by atoms with van der Waals surface area (Å²) in [7, 11) is 2.13. The summed E-state index contributed by atoms with van der Waals surface area (Å²) in [4.78, 5) is 9.48. The lowest BCUT2D eigenvalue weighted by Gasteiger charge is -2.52. The predicted molar refractivity (Wildman–Crippen MR) is 136 cm³/mol. The van der Waals surface area contributed by atoms with Crippen molar-refractivity contribution < 1.29 is 0 Å². The topological polar surface area (TPSA) is 60.5 Å². The molecule has 2 aromatic carbocycles. The van der Waals surface area contributed by atoms with Crippen LogP contribution in [0.3, 0.4) is 0 Å². The van der Waals surface area contributed by atoms with Gasteiger partial charge in [0.05, 0.1) is 29.0 Å². The van der Waals surface area contributed by atoms with Crippen molar-refractivity contribution >= 4 is 16.9 Å². The Bertz CT molecular complexity index is 1420. The van der Waals surface area contributed by atoms with E-state index in [9.17, 15) is 10.5 Å². The molecule has 5 aliphatic heterocycles. The minimum Gasteiger partial charge on any atom is -0.359 e. The van der Waals surface area contributed by atoms with Gasteiger partial charge in [0.25, 0.3) is 0 Å². The van der Waals surface area contributed by atoms with Crippen LogP contribution in [-0.4, -0.2) is 35.7 Å². The van der Waals surface area contributed by atoms with E-state index in [1.54, 1.807) is 0 Å². The van der Waals surface area contributed by atoms with E-state index < -0.39 is 0 Å². The molecule has 4 atom stereocenters. The molecule has 5 aliphatic rings. The Balaban J connectivity index is 1.51. The van der Waals surface area contributed by atoms with Crippen LogP contribution in [-0.2, 0) is 0 Å². The molecular formula is C29H26N6. The fourth-order valence-electron chi connectivity index (χ4n) is 7.37. The molecule has 4 unspecified atom stereocenters. The highest BCUT2D eigenvalue weighted by Gasteiger charge is 2.61. The quantitative estimate of drug-likeness (QED) is 0.560. The summed E-state index contributed by atoms with van der Waals surface area (Å²) in [6, 6.07) is 16.9. The number of nitrogens with zero attached hydrogens (tertiary/aromatic N) is 6. The molecule has 0 saturated carbocycles. The molecule has 1 fully saturated rings. The minimum absolute atomic E-state index is 0.153. The van der Waals surface area contributed by atoms with Gasteiger partial charge in [-0.25, -0.2) is 0 Å². The molecule has 5 heterocycles. The second-order valence-corrected chi connectivity index (χ2v) is 10.3. The van der Waals surface area contributed by atoms with E-state index in [2.05, 4.69) is 81.8 Å². The zero-order valence-corrected chi connectivity index (χ0v) is 19.7. The monoisotopic (exact) mass is 458 g/mol. The molecule has 0 N–H and O–H groups in total. The van der Waals surface area contributed by atoms with Crippen molar-refractivity contribution in [3.05, 3.63) is 90.0 Å². The summed E-state index contributed by atoms with van der Waals surface area (Å²) in [5, 5.41) is 19.5. The maximum Gasteiger partial charge on any atom is 0.116 e. The van der Waals surface area contributed by atoms with Gasteiger partial charge < -0.3 is 19.6 Å². The van der Waals surface area contributed by atoms with E-state index in [1.165, 1.54) is 11.3 Å². The van der Waals surface area contributed by atoms with Crippen molar-refractivity contribution in [1.29, 1.82) is 10.5 Å². The number of hydrogen-bond acceptors (Lipinski definition) is 6. The van der Waals surface area contributed by atoms with E-state index in [1.807, 2.05) is 18.2 Å². The zero-order chi connectivity index (χ0) is 23.9. The molecule has 0 aliphatic carbocycles. The number of nitriles is 2. The fraction of sp³-hybridized carbons (Fsp3) is 0.310. The number of hydrogen-bond donors (Lipinski definition) is 0. The first-order valence-electron chi connectivity index (χ1n) is 12.3. The Morgan fingerprint density at radius 2 is 1.66 bits per heavy atom. The lowest BCUT2D eigenvalue weighted by atomic mass is 9.59. The SMILES string of the molecule is C=C1c2cc(C#N)ccc2N2C=CN(C)C2CCC2c3cc(C#N)ccc3N3C=CN4CCC12C43. The van der Waals surface area contributed by atoms with Gasteiger partial charge in [0, 0.05) is 55.1 Å². The molecule has 1 spiro atoms. The molecule has 6 heteroatoms. The van der Waals surface area contributed by atoms with Gasteiger partial charge >= 0.3 is 0 Å². The molecule has 6 nitrogen and oxygen atoms in total. The number of benzene rings is 2. The van der Waals surface area contributed by atoms with Gasteiger partial charge in [-0.05, 0) is 72.7 Å². The second-order valence-electron chi connectivity index (χ2n) is 10.3. The molecule has 0 aromatic heterocycles. The van der Waals surface area contributed by atoms with Gasteiger partial charge in [-0.3, -0.25) is 0 Å². The Kier molecular flexibility index (Phi) is 4.01. The van der Waals surface area contributed by atoms with Gasteiger partial charge in [-0.15, -0.1) is 0 Å². The van der Waals surface area contributed by atoms with Crippen LogP contribution < -0.4 is 9.80 Å². The lowest BCUT2D eigenvalue weighted by molar-refractivity contribution is 0.200. The van der Waals surface area contributed by atoms with Gasteiger partial charge in [-0.1, -0.05) is 6.58 Å². The number of fused-ring (bicyclic) bond motifs is 6. The van der Waals surface area contributed by atoms with E-state index in [0.29, 0.717) is 11.1 Å². The zero-order valence-electron chi connectivity index (χ0n) is 19.7. The average Bonchev–Trinajstić information content (AvgIpc) is 3.59. The largest absolute Gasteiger partial charge is 0.359 e. The summed E-state index contributed by atoms with van der Waals surface area (Å²) in [6.07, 6.45) is 12.0. The molecule has 0 amide bonds. The highest BCUT2D eigenvalue weighted by Crippen LogP contribution is 2.65. The van der Waals surface area contributed by atoms with Crippen molar-refractivity contribution in [3.63, 3.8) is 0 Å². The maximum absolute atomic E-state index is 9.76. The van der Waals surface area contributed by atoms with Crippen molar-refractivity contribution in [1.82, 2.24) is 9.80 Å². The Morgan fingerprint density at radius 3 is 2.46 bits per heavy atom. The van der Waals surface area contributed by atoms with Gasteiger partial charge in [0.2, 0.25) is 0 Å². The van der Waals surface area contributed by atoms with Crippen LogP contribution in [0.5, 0.6) is 0 Å². The smallest absolute Gasteiger partial charge is 0.116 e. The molecule has 1 saturated heterocycles. The predicted octanol–water partition coefficient (Wildman–Crippen LogP) is 4.89. The number of anilines is 2. The van der Waals surface area contributed by atoms with Gasteiger partial charge in [0.15, 0.2) is 0 Å². The summed E-state index contributed by atoms with van der Waals surface area (Å²) in [5.74, 6) is 0.219. The Morgan fingerprint density at radius 1 is 0.914 bits per heavy atom. The molecule has 35 heavy (non-hydrogen) atoms. The highest BCUT2D eigenvalue weighted by atomic mass is 15.4.